The molecule has 0 radical (unpaired) electrons. The molecule has 0 bridgehead atoms. The van der Waals surface area contributed by atoms with E-state index in [0.717, 1.165) is 17.7 Å². The van der Waals surface area contributed by atoms with Crippen LogP contribution in [0, 0.1) is 5.92 Å². The molecular formula is C14H16F3NO2. The molecule has 0 spiro atoms. The van der Waals surface area contributed by atoms with Crippen LogP contribution in [0.4, 0.5) is 13.2 Å². The zero-order valence-corrected chi connectivity index (χ0v) is 11.0. The van der Waals surface area contributed by atoms with E-state index in [1.54, 1.807) is 0 Å². The average molecular weight is 287 g/mol. The van der Waals surface area contributed by atoms with Gasteiger partial charge in [0, 0.05) is 12.6 Å². The van der Waals surface area contributed by atoms with Gasteiger partial charge < -0.3 is 5.11 Å². The number of nitrogens with zero attached hydrogens (tertiary/aromatic N) is 1. The van der Waals surface area contributed by atoms with E-state index in [1.807, 2.05) is 11.8 Å². The summed E-state index contributed by atoms with van der Waals surface area (Å²) in [4.78, 5) is 12.9. The number of likely N-dealkylation sites (tertiary alicyclic amines) is 1. The molecule has 110 valence electrons. The summed E-state index contributed by atoms with van der Waals surface area (Å²) in [7, 11) is 0. The molecule has 3 nitrogen and oxygen atoms in total. The summed E-state index contributed by atoms with van der Waals surface area (Å²) < 4.78 is 37.5. The number of carboxylic acids is 1. The Labute approximate surface area is 115 Å². The summed E-state index contributed by atoms with van der Waals surface area (Å²) >= 11 is 0. The van der Waals surface area contributed by atoms with E-state index in [9.17, 15) is 18.0 Å². The number of hydrogen-bond donors (Lipinski definition) is 1. The van der Waals surface area contributed by atoms with Crippen molar-refractivity contribution in [2.75, 3.05) is 13.1 Å². The highest BCUT2D eigenvalue weighted by Crippen LogP contribution is 2.32. The molecule has 1 N–H and O–H groups in total. The van der Waals surface area contributed by atoms with Gasteiger partial charge in [0.05, 0.1) is 11.5 Å². The van der Waals surface area contributed by atoms with Crippen molar-refractivity contribution in [1.29, 1.82) is 0 Å². The smallest absolute Gasteiger partial charge is 0.416 e. The summed E-state index contributed by atoms with van der Waals surface area (Å²) in [6.45, 7) is 2.98. The van der Waals surface area contributed by atoms with Gasteiger partial charge in [-0.25, -0.2) is 0 Å². The van der Waals surface area contributed by atoms with E-state index >= 15 is 0 Å². The van der Waals surface area contributed by atoms with E-state index < -0.39 is 17.7 Å². The molecule has 1 saturated heterocycles. The number of benzene rings is 1. The van der Waals surface area contributed by atoms with Gasteiger partial charge in [0.2, 0.25) is 0 Å². The van der Waals surface area contributed by atoms with Crippen LogP contribution in [-0.4, -0.2) is 29.1 Å². The van der Waals surface area contributed by atoms with Crippen LogP contribution in [-0.2, 0) is 11.0 Å². The van der Waals surface area contributed by atoms with Crippen molar-refractivity contribution in [3.8, 4) is 0 Å². The minimum atomic E-state index is -4.33. The van der Waals surface area contributed by atoms with Crippen molar-refractivity contribution in [3.63, 3.8) is 0 Å². The van der Waals surface area contributed by atoms with Crippen molar-refractivity contribution in [2.24, 2.45) is 5.92 Å². The van der Waals surface area contributed by atoms with Crippen LogP contribution in [0.25, 0.3) is 0 Å². The van der Waals surface area contributed by atoms with Gasteiger partial charge in [-0.3, -0.25) is 9.69 Å². The Bertz CT molecular complexity index is 484. The SMILES string of the molecule is C[C@@H](c1ccc(C(F)(F)F)cc1)N1CC[C@H](C(=O)O)C1. The number of rotatable bonds is 3. The highest BCUT2D eigenvalue weighted by Gasteiger charge is 2.32. The maximum Gasteiger partial charge on any atom is 0.416 e. The first-order valence-electron chi connectivity index (χ1n) is 6.43. The normalized spacial score (nSPS) is 21.9. The quantitative estimate of drug-likeness (QED) is 0.928. The summed E-state index contributed by atoms with van der Waals surface area (Å²) in [5.41, 5.74) is 0.0994. The second kappa shape index (κ2) is 5.44. The van der Waals surface area contributed by atoms with Gasteiger partial charge in [-0.05, 0) is 37.6 Å². The van der Waals surface area contributed by atoms with Crippen molar-refractivity contribution in [2.45, 2.75) is 25.6 Å². The number of halogens is 3. The van der Waals surface area contributed by atoms with Gasteiger partial charge >= 0.3 is 12.1 Å². The molecule has 2 atom stereocenters. The fourth-order valence-corrected chi connectivity index (χ4v) is 2.50. The van der Waals surface area contributed by atoms with Crippen LogP contribution < -0.4 is 0 Å². The number of alkyl halides is 3. The van der Waals surface area contributed by atoms with Gasteiger partial charge in [-0.2, -0.15) is 13.2 Å². The number of carbonyl (C=O) groups is 1. The molecule has 1 aromatic rings. The molecule has 0 amide bonds. The van der Waals surface area contributed by atoms with Crippen LogP contribution >= 0.6 is 0 Å². The number of aliphatic carboxylic acids is 1. The van der Waals surface area contributed by atoms with Gasteiger partial charge in [0.15, 0.2) is 0 Å². The second-order valence-electron chi connectivity index (χ2n) is 5.11. The fraction of sp³-hybridized carbons (Fsp3) is 0.500. The van der Waals surface area contributed by atoms with Gasteiger partial charge in [0.1, 0.15) is 0 Å². The van der Waals surface area contributed by atoms with Crippen molar-refractivity contribution >= 4 is 5.97 Å². The maximum atomic E-state index is 12.5. The van der Waals surface area contributed by atoms with E-state index in [-0.39, 0.29) is 12.0 Å². The minimum absolute atomic E-state index is 0.0818. The van der Waals surface area contributed by atoms with E-state index in [1.165, 1.54) is 12.1 Å². The third kappa shape index (κ3) is 3.12. The van der Waals surface area contributed by atoms with Crippen LogP contribution in [0.1, 0.15) is 30.5 Å². The molecule has 0 aromatic heterocycles. The van der Waals surface area contributed by atoms with E-state index in [2.05, 4.69) is 0 Å². The van der Waals surface area contributed by atoms with Crippen LogP contribution in [0.5, 0.6) is 0 Å². The highest BCUT2D eigenvalue weighted by molar-refractivity contribution is 5.70. The third-order valence-corrected chi connectivity index (χ3v) is 3.84. The van der Waals surface area contributed by atoms with Crippen LogP contribution in [0.15, 0.2) is 24.3 Å². The lowest BCUT2D eigenvalue weighted by Crippen LogP contribution is -2.26. The second-order valence-corrected chi connectivity index (χ2v) is 5.11. The van der Waals surface area contributed by atoms with Crippen LogP contribution in [0.2, 0.25) is 0 Å². The lowest BCUT2D eigenvalue weighted by Gasteiger charge is -2.24. The van der Waals surface area contributed by atoms with E-state index in [0.29, 0.717) is 19.5 Å². The Morgan fingerprint density at radius 3 is 2.40 bits per heavy atom. The van der Waals surface area contributed by atoms with Gasteiger partial charge in [-0.15, -0.1) is 0 Å². The van der Waals surface area contributed by atoms with Crippen LogP contribution in [0.3, 0.4) is 0 Å². The Morgan fingerprint density at radius 2 is 1.95 bits per heavy atom. The third-order valence-electron chi connectivity index (χ3n) is 3.84. The predicted molar refractivity (Wildman–Crippen MR) is 67.2 cm³/mol. The Balaban J connectivity index is 2.07. The maximum absolute atomic E-state index is 12.5. The van der Waals surface area contributed by atoms with Gasteiger partial charge in [-0.1, -0.05) is 12.1 Å². The largest absolute Gasteiger partial charge is 0.481 e. The molecule has 6 heteroatoms. The highest BCUT2D eigenvalue weighted by atomic mass is 19.4. The summed E-state index contributed by atoms with van der Waals surface area (Å²) in [5.74, 6) is -1.20. The molecule has 1 heterocycles. The molecule has 2 rings (SSSR count). The molecule has 1 aromatic carbocycles. The Kier molecular flexibility index (Phi) is 4.04. The lowest BCUT2D eigenvalue weighted by atomic mass is 10.0. The molecule has 1 fully saturated rings. The molecule has 1 aliphatic rings. The zero-order valence-electron chi connectivity index (χ0n) is 11.0. The monoisotopic (exact) mass is 287 g/mol. The topological polar surface area (TPSA) is 40.5 Å². The first-order valence-corrected chi connectivity index (χ1v) is 6.43. The minimum Gasteiger partial charge on any atom is -0.481 e. The Hall–Kier alpha value is -1.56. The summed E-state index contributed by atoms with van der Waals surface area (Å²) in [5, 5.41) is 8.96. The number of hydrogen-bond acceptors (Lipinski definition) is 2. The van der Waals surface area contributed by atoms with E-state index in [4.69, 9.17) is 5.11 Å². The first kappa shape index (κ1) is 14.8. The molecule has 20 heavy (non-hydrogen) atoms. The van der Waals surface area contributed by atoms with Crippen molar-refractivity contribution in [3.05, 3.63) is 35.4 Å². The lowest BCUT2D eigenvalue weighted by molar-refractivity contribution is -0.141. The first-order chi connectivity index (χ1) is 9.29. The molecule has 0 saturated carbocycles. The van der Waals surface area contributed by atoms with Crippen molar-refractivity contribution < 1.29 is 23.1 Å². The Morgan fingerprint density at radius 1 is 1.35 bits per heavy atom. The average Bonchev–Trinajstić information content (AvgIpc) is 2.86. The molecule has 0 aliphatic carbocycles. The fourth-order valence-electron chi connectivity index (χ4n) is 2.50. The van der Waals surface area contributed by atoms with Crippen molar-refractivity contribution in [1.82, 2.24) is 4.90 Å². The molecule has 0 unspecified atom stereocenters. The standard InChI is InChI=1S/C14H16F3NO2/c1-9(18-7-6-11(8-18)13(19)20)10-2-4-12(5-3-10)14(15,16)17/h2-5,9,11H,6-8H2,1H3,(H,19,20)/t9-,11-/m0/s1. The number of carboxylic acid groups (broad SMARTS) is 1. The summed E-state index contributed by atoms with van der Waals surface area (Å²) in [6.07, 6.45) is -3.75. The molecule has 1 aliphatic heterocycles. The summed E-state index contributed by atoms with van der Waals surface area (Å²) in [6, 6.07) is 4.97. The molecular weight excluding hydrogens is 271 g/mol. The zero-order chi connectivity index (χ0) is 14.9. The predicted octanol–water partition coefficient (Wildman–Crippen LogP) is 3.17. The van der Waals surface area contributed by atoms with Gasteiger partial charge in [0.25, 0.3) is 0 Å².